The fourth-order valence-corrected chi connectivity index (χ4v) is 1.71. The van der Waals surface area contributed by atoms with E-state index < -0.39 is 34.1 Å². The molecular weight excluding hydrogens is 349 g/mol. The summed E-state index contributed by atoms with van der Waals surface area (Å²) in [5.41, 5.74) is -1.16. The van der Waals surface area contributed by atoms with Crippen molar-refractivity contribution in [2.24, 2.45) is 0 Å². The van der Waals surface area contributed by atoms with Gasteiger partial charge in [0.1, 0.15) is 11.4 Å². The maximum atomic E-state index is 13.5. The highest BCUT2D eigenvalue weighted by Gasteiger charge is 2.27. The second-order valence-electron chi connectivity index (χ2n) is 5.28. The molecule has 0 spiro atoms. The number of nitrogens with zero attached hydrogens (tertiary/aromatic N) is 1. The number of nitro groups is 1. The molecule has 1 aromatic rings. The van der Waals surface area contributed by atoms with Crippen LogP contribution in [-0.4, -0.2) is 22.6 Å². The van der Waals surface area contributed by atoms with Gasteiger partial charge in [-0.2, -0.15) is 0 Å². The monoisotopic (exact) mass is 363 g/mol. The highest BCUT2D eigenvalue weighted by molar-refractivity contribution is 9.10. The first-order valence-electron chi connectivity index (χ1n) is 6.04. The fourth-order valence-electron chi connectivity index (χ4n) is 1.38. The van der Waals surface area contributed by atoms with Gasteiger partial charge < -0.3 is 9.47 Å². The third kappa shape index (κ3) is 4.96. The maximum Gasteiger partial charge on any atom is 0.347 e. The first kappa shape index (κ1) is 17.4. The second kappa shape index (κ2) is 6.38. The van der Waals surface area contributed by atoms with Crippen molar-refractivity contribution < 1.29 is 23.6 Å². The molecule has 116 valence electrons. The molecule has 0 fully saturated rings. The van der Waals surface area contributed by atoms with Crippen molar-refractivity contribution in [2.75, 3.05) is 0 Å². The van der Waals surface area contributed by atoms with Gasteiger partial charge in [0.15, 0.2) is 6.10 Å². The van der Waals surface area contributed by atoms with E-state index in [0.717, 1.165) is 12.1 Å². The molecule has 0 saturated carbocycles. The topological polar surface area (TPSA) is 78.7 Å². The molecule has 0 heterocycles. The van der Waals surface area contributed by atoms with E-state index in [1.54, 1.807) is 20.8 Å². The number of hydrogen-bond acceptors (Lipinski definition) is 5. The van der Waals surface area contributed by atoms with E-state index in [1.807, 2.05) is 0 Å². The Morgan fingerprint density at radius 2 is 2.00 bits per heavy atom. The van der Waals surface area contributed by atoms with Crippen LogP contribution in [0.4, 0.5) is 10.1 Å². The van der Waals surface area contributed by atoms with Crippen molar-refractivity contribution in [3.63, 3.8) is 0 Å². The van der Waals surface area contributed by atoms with E-state index in [-0.39, 0.29) is 10.2 Å². The van der Waals surface area contributed by atoms with Crippen molar-refractivity contribution in [3.8, 4) is 5.75 Å². The van der Waals surface area contributed by atoms with Crippen molar-refractivity contribution in [2.45, 2.75) is 39.4 Å². The van der Waals surface area contributed by atoms with Gasteiger partial charge in [0.2, 0.25) is 5.75 Å². The number of carbonyl (C=O) groups excluding carboxylic acids is 1. The number of hydrogen-bond donors (Lipinski definition) is 0. The van der Waals surface area contributed by atoms with Crippen LogP contribution in [0.2, 0.25) is 0 Å². The Balaban J connectivity index is 2.99. The lowest BCUT2D eigenvalue weighted by molar-refractivity contribution is -0.386. The first-order valence-corrected chi connectivity index (χ1v) is 6.83. The van der Waals surface area contributed by atoms with E-state index in [2.05, 4.69) is 15.9 Å². The third-order valence-corrected chi connectivity index (χ3v) is 2.85. The molecule has 0 radical (unpaired) electrons. The van der Waals surface area contributed by atoms with Gasteiger partial charge in [-0.25, -0.2) is 9.18 Å². The molecule has 0 amide bonds. The van der Waals surface area contributed by atoms with Crippen LogP contribution >= 0.6 is 15.9 Å². The lowest BCUT2D eigenvalue weighted by atomic mass is 10.2. The number of ether oxygens (including phenoxy) is 2. The Morgan fingerprint density at radius 1 is 1.43 bits per heavy atom. The van der Waals surface area contributed by atoms with E-state index in [1.165, 1.54) is 6.92 Å². The molecule has 21 heavy (non-hydrogen) atoms. The van der Waals surface area contributed by atoms with Gasteiger partial charge >= 0.3 is 11.7 Å². The van der Waals surface area contributed by atoms with Gasteiger partial charge in [-0.3, -0.25) is 10.1 Å². The van der Waals surface area contributed by atoms with E-state index >= 15 is 0 Å². The standard InChI is InChI=1S/C13H15BrFNO5/c1-7(12(17)21-13(2,3)4)20-11-6-9(15)8(14)5-10(11)16(18)19/h5-7H,1-4H3. The Labute approximate surface area is 129 Å². The van der Waals surface area contributed by atoms with Crippen LogP contribution in [0.15, 0.2) is 16.6 Å². The summed E-state index contributed by atoms with van der Waals surface area (Å²) in [6.07, 6.45) is -1.11. The van der Waals surface area contributed by atoms with Crippen LogP contribution in [0.1, 0.15) is 27.7 Å². The predicted molar refractivity (Wildman–Crippen MR) is 76.7 cm³/mol. The van der Waals surface area contributed by atoms with Gasteiger partial charge in [0.05, 0.1) is 9.40 Å². The SMILES string of the molecule is CC(Oc1cc(F)c(Br)cc1[N+](=O)[O-])C(=O)OC(C)(C)C. The number of benzene rings is 1. The Bertz CT molecular complexity index is 570. The van der Waals surface area contributed by atoms with Gasteiger partial charge in [0.25, 0.3) is 0 Å². The number of rotatable bonds is 4. The largest absolute Gasteiger partial charge is 0.472 e. The van der Waals surface area contributed by atoms with Crippen LogP contribution in [0, 0.1) is 15.9 Å². The van der Waals surface area contributed by atoms with Gasteiger partial charge in [0, 0.05) is 12.1 Å². The van der Waals surface area contributed by atoms with Crippen molar-refractivity contribution in [1.82, 2.24) is 0 Å². The number of esters is 1. The highest BCUT2D eigenvalue weighted by atomic mass is 79.9. The van der Waals surface area contributed by atoms with Crippen LogP contribution in [-0.2, 0) is 9.53 Å². The summed E-state index contributed by atoms with van der Waals surface area (Å²) >= 11 is 2.86. The zero-order chi connectivity index (χ0) is 16.4. The Kier molecular flexibility index (Phi) is 5.27. The molecule has 1 atom stereocenters. The van der Waals surface area contributed by atoms with Crippen LogP contribution < -0.4 is 4.74 Å². The summed E-state index contributed by atoms with van der Waals surface area (Å²) in [5, 5.41) is 10.9. The van der Waals surface area contributed by atoms with Crippen molar-refractivity contribution in [1.29, 1.82) is 0 Å². The molecule has 0 aliphatic heterocycles. The summed E-state index contributed by atoms with van der Waals surface area (Å²) in [7, 11) is 0. The normalized spacial score (nSPS) is 12.7. The zero-order valence-corrected chi connectivity index (χ0v) is 13.6. The minimum atomic E-state index is -1.11. The molecular formula is C13H15BrFNO5. The summed E-state index contributed by atoms with van der Waals surface area (Å²) in [6.45, 7) is 6.41. The zero-order valence-electron chi connectivity index (χ0n) is 12.0. The second-order valence-corrected chi connectivity index (χ2v) is 6.14. The summed E-state index contributed by atoms with van der Waals surface area (Å²) in [5.74, 6) is -1.76. The predicted octanol–water partition coefficient (Wildman–Crippen LogP) is 3.61. The minimum absolute atomic E-state index is 0.0635. The maximum absolute atomic E-state index is 13.5. The number of halogens is 2. The van der Waals surface area contributed by atoms with Gasteiger partial charge in [-0.05, 0) is 43.6 Å². The summed E-state index contributed by atoms with van der Waals surface area (Å²) in [4.78, 5) is 22.0. The molecule has 0 aliphatic rings. The number of carbonyl (C=O) groups is 1. The molecule has 0 aromatic heterocycles. The average molecular weight is 364 g/mol. The van der Waals surface area contributed by atoms with E-state index in [9.17, 15) is 19.3 Å². The van der Waals surface area contributed by atoms with Gasteiger partial charge in [-0.15, -0.1) is 0 Å². The molecule has 6 nitrogen and oxygen atoms in total. The van der Waals surface area contributed by atoms with Gasteiger partial charge in [-0.1, -0.05) is 0 Å². The molecule has 0 bridgehead atoms. The molecule has 0 saturated heterocycles. The summed E-state index contributed by atoms with van der Waals surface area (Å²) < 4.78 is 23.7. The fraction of sp³-hybridized carbons (Fsp3) is 0.462. The van der Waals surface area contributed by atoms with Crippen molar-refractivity contribution in [3.05, 3.63) is 32.5 Å². The van der Waals surface area contributed by atoms with Crippen molar-refractivity contribution >= 4 is 27.6 Å². The molecule has 1 aromatic carbocycles. The molecule has 0 N–H and O–H groups in total. The Morgan fingerprint density at radius 3 is 2.48 bits per heavy atom. The molecule has 1 rings (SSSR count). The quantitative estimate of drug-likeness (QED) is 0.463. The van der Waals surface area contributed by atoms with Crippen LogP contribution in [0.3, 0.4) is 0 Å². The molecule has 1 unspecified atom stereocenters. The molecule has 0 aliphatic carbocycles. The first-order chi connectivity index (χ1) is 9.51. The summed E-state index contributed by atoms with van der Waals surface area (Å²) in [6, 6.07) is 1.83. The number of nitro benzene ring substituents is 1. The average Bonchev–Trinajstić information content (AvgIpc) is 2.30. The smallest absolute Gasteiger partial charge is 0.347 e. The lowest BCUT2D eigenvalue weighted by Crippen LogP contribution is -2.33. The lowest BCUT2D eigenvalue weighted by Gasteiger charge is -2.22. The Hall–Kier alpha value is -1.70. The van der Waals surface area contributed by atoms with Crippen LogP contribution in [0.5, 0.6) is 5.75 Å². The molecule has 8 heteroatoms. The van der Waals surface area contributed by atoms with E-state index in [4.69, 9.17) is 9.47 Å². The highest BCUT2D eigenvalue weighted by Crippen LogP contribution is 2.33. The minimum Gasteiger partial charge on any atom is -0.472 e. The van der Waals surface area contributed by atoms with Crippen LogP contribution in [0.25, 0.3) is 0 Å². The van der Waals surface area contributed by atoms with E-state index in [0.29, 0.717) is 0 Å². The third-order valence-electron chi connectivity index (χ3n) is 2.24.